The number of aromatic nitrogens is 1. The molecule has 0 bridgehead atoms. The van der Waals surface area contributed by atoms with Crippen LogP contribution in [0.3, 0.4) is 0 Å². The van der Waals surface area contributed by atoms with Gasteiger partial charge in [0.05, 0.1) is 11.8 Å². The lowest BCUT2D eigenvalue weighted by Crippen LogP contribution is -2.16. The number of pyridine rings is 1. The van der Waals surface area contributed by atoms with Crippen LogP contribution in [0.1, 0.15) is 32.4 Å². The molecule has 1 aromatic heterocycles. The Bertz CT molecular complexity index is 645. The maximum atomic E-state index is 11.4. The van der Waals surface area contributed by atoms with Gasteiger partial charge in [0.15, 0.2) is 0 Å². The first-order chi connectivity index (χ1) is 9.95. The maximum absolute atomic E-state index is 11.4. The van der Waals surface area contributed by atoms with Crippen LogP contribution in [0, 0.1) is 0 Å². The van der Waals surface area contributed by atoms with E-state index in [1.54, 1.807) is 29.9 Å². The molecule has 0 spiro atoms. The van der Waals surface area contributed by atoms with Gasteiger partial charge in [-0.1, -0.05) is 12.1 Å². The zero-order chi connectivity index (χ0) is 15.4. The van der Waals surface area contributed by atoms with E-state index in [2.05, 4.69) is 24.4 Å². The van der Waals surface area contributed by atoms with E-state index in [1.807, 2.05) is 26.0 Å². The summed E-state index contributed by atoms with van der Waals surface area (Å²) in [6.07, 6.45) is 1.98. The predicted octanol–water partition coefficient (Wildman–Crippen LogP) is 3.35. The number of anilines is 1. The Balaban J connectivity index is 2.07. The number of nitrogens with zero attached hydrogens (tertiary/aromatic N) is 1. The highest BCUT2D eigenvalue weighted by Gasteiger charge is 2.06. The Morgan fingerprint density at radius 2 is 1.71 bits per heavy atom. The molecule has 1 N–H and O–H groups in total. The normalized spacial score (nSPS) is 12.2. The second kappa shape index (κ2) is 6.48. The van der Waals surface area contributed by atoms with Gasteiger partial charge in [0, 0.05) is 25.4 Å². The molecule has 0 aliphatic carbocycles. The van der Waals surface area contributed by atoms with Gasteiger partial charge in [-0.3, -0.25) is 4.79 Å². The molecule has 0 saturated heterocycles. The van der Waals surface area contributed by atoms with E-state index >= 15 is 0 Å². The first kappa shape index (κ1) is 15.2. The van der Waals surface area contributed by atoms with Crippen molar-refractivity contribution in [3.63, 3.8) is 0 Å². The Morgan fingerprint density at radius 3 is 2.29 bits per heavy atom. The first-order valence-corrected chi connectivity index (χ1v) is 7.15. The summed E-state index contributed by atoms with van der Waals surface area (Å²) < 4.78 is 7.20. The van der Waals surface area contributed by atoms with E-state index < -0.39 is 0 Å². The smallest absolute Gasteiger partial charge is 0.250 e. The van der Waals surface area contributed by atoms with Gasteiger partial charge in [-0.15, -0.1) is 0 Å². The molecule has 1 aromatic carbocycles. The summed E-state index contributed by atoms with van der Waals surface area (Å²) in [5.41, 5.74) is 2.08. The Hall–Kier alpha value is -2.23. The fourth-order valence-electron chi connectivity index (χ4n) is 2.12. The number of hydrogen-bond donors (Lipinski definition) is 1. The van der Waals surface area contributed by atoms with Gasteiger partial charge < -0.3 is 14.6 Å². The molecular weight excluding hydrogens is 264 g/mol. The monoisotopic (exact) mass is 286 g/mol. The minimum Gasteiger partial charge on any atom is -0.491 e. The average Bonchev–Trinajstić information content (AvgIpc) is 2.43. The summed E-state index contributed by atoms with van der Waals surface area (Å²) in [5.74, 6) is 0.878. The number of hydrogen-bond acceptors (Lipinski definition) is 3. The lowest BCUT2D eigenvalue weighted by atomic mass is 10.1. The van der Waals surface area contributed by atoms with Crippen LogP contribution in [0.4, 0.5) is 5.69 Å². The van der Waals surface area contributed by atoms with Gasteiger partial charge in [-0.2, -0.15) is 0 Å². The van der Waals surface area contributed by atoms with Crippen molar-refractivity contribution < 1.29 is 4.74 Å². The molecule has 2 rings (SSSR count). The van der Waals surface area contributed by atoms with Crippen LogP contribution in [0.5, 0.6) is 5.75 Å². The summed E-state index contributed by atoms with van der Waals surface area (Å²) in [6, 6.07) is 11.6. The predicted molar refractivity (Wildman–Crippen MR) is 85.9 cm³/mol. The van der Waals surface area contributed by atoms with E-state index in [-0.39, 0.29) is 17.7 Å². The summed E-state index contributed by atoms with van der Waals surface area (Å²) in [5, 5.41) is 3.39. The topological polar surface area (TPSA) is 43.3 Å². The quantitative estimate of drug-likeness (QED) is 0.916. The van der Waals surface area contributed by atoms with Crippen molar-refractivity contribution in [2.75, 3.05) is 5.32 Å². The molecule has 1 heterocycles. The molecule has 0 aliphatic heterocycles. The summed E-state index contributed by atoms with van der Waals surface area (Å²) in [6.45, 7) is 6.11. The molecule has 2 aromatic rings. The van der Waals surface area contributed by atoms with E-state index in [1.165, 1.54) is 5.56 Å². The molecule has 0 saturated carbocycles. The number of aryl methyl sites for hydroxylation is 1. The molecule has 0 amide bonds. The van der Waals surface area contributed by atoms with E-state index in [0.29, 0.717) is 0 Å². The Labute approximate surface area is 125 Å². The number of ether oxygens (including phenoxy) is 1. The van der Waals surface area contributed by atoms with Crippen molar-refractivity contribution in [1.82, 2.24) is 4.57 Å². The molecule has 0 radical (unpaired) electrons. The second-order valence-electron chi connectivity index (χ2n) is 5.47. The SMILES string of the molecule is CC(C)Oc1ccc(C(C)Nc2ccc(=O)n(C)c2)cc1. The number of nitrogens with one attached hydrogen (secondary N) is 1. The van der Waals surface area contributed by atoms with Crippen molar-refractivity contribution in [1.29, 1.82) is 0 Å². The van der Waals surface area contributed by atoms with Crippen LogP contribution in [-0.4, -0.2) is 10.7 Å². The fourth-order valence-corrected chi connectivity index (χ4v) is 2.12. The molecule has 112 valence electrons. The third kappa shape index (κ3) is 4.12. The van der Waals surface area contributed by atoms with Gasteiger partial charge in [-0.25, -0.2) is 0 Å². The average molecular weight is 286 g/mol. The Kier molecular flexibility index (Phi) is 4.68. The highest BCUT2D eigenvalue weighted by atomic mass is 16.5. The summed E-state index contributed by atoms with van der Waals surface area (Å²) in [7, 11) is 1.75. The lowest BCUT2D eigenvalue weighted by molar-refractivity contribution is 0.242. The molecule has 1 atom stereocenters. The van der Waals surface area contributed by atoms with E-state index in [4.69, 9.17) is 4.74 Å². The third-order valence-corrected chi connectivity index (χ3v) is 3.22. The number of rotatable bonds is 5. The molecule has 0 fully saturated rings. The van der Waals surface area contributed by atoms with Gasteiger partial charge in [0.2, 0.25) is 5.56 Å². The van der Waals surface area contributed by atoms with Crippen LogP contribution in [0.2, 0.25) is 0 Å². The van der Waals surface area contributed by atoms with Crippen molar-refractivity contribution in [2.24, 2.45) is 7.05 Å². The maximum Gasteiger partial charge on any atom is 0.250 e. The zero-order valence-corrected chi connectivity index (χ0v) is 13.0. The first-order valence-electron chi connectivity index (χ1n) is 7.15. The summed E-state index contributed by atoms with van der Waals surface area (Å²) in [4.78, 5) is 11.4. The van der Waals surface area contributed by atoms with Gasteiger partial charge in [0.1, 0.15) is 5.75 Å². The van der Waals surface area contributed by atoms with Crippen LogP contribution in [-0.2, 0) is 7.05 Å². The molecular formula is C17H22N2O2. The van der Waals surface area contributed by atoms with Crippen molar-refractivity contribution >= 4 is 5.69 Å². The minimum absolute atomic E-state index is 0.0107. The van der Waals surface area contributed by atoms with Crippen molar-refractivity contribution in [3.8, 4) is 5.75 Å². The highest BCUT2D eigenvalue weighted by molar-refractivity contribution is 5.43. The lowest BCUT2D eigenvalue weighted by Gasteiger charge is -2.17. The van der Waals surface area contributed by atoms with Crippen molar-refractivity contribution in [3.05, 3.63) is 58.5 Å². The summed E-state index contributed by atoms with van der Waals surface area (Å²) >= 11 is 0. The second-order valence-corrected chi connectivity index (χ2v) is 5.47. The zero-order valence-electron chi connectivity index (χ0n) is 13.0. The van der Waals surface area contributed by atoms with Crippen LogP contribution in [0.25, 0.3) is 0 Å². The molecule has 4 heteroatoms. The highest BCUT2D eigenvalue weighted by Crippen LogP contribution is 2.21. The Morgan fingerprint density at radius 1 is 1.05 bits per heavy atom. The van der Waals surface area contributed by atoms with Crippen molar-refractivity contribution in [2.45, 2.75) is 32.9 Å². The van der Waals surface area contributed by atoms with Crippen LogP contribution < -0.4 is 15.6 Å². The van der Waals surface area contributed by atoms with E-state index in [0.717, 1.165) is 11.4 Å². The fraction of sp³-hybridized carbons (Fsp3) is 0.353. The number of benzene rings is 1. The molecule has 1 unspecified atom stereocenters. The third-order valence-electron chi connectivity index (χ3n) is 3.22. The molecule has 21 heavy (non-hydrogen) atoms. The largest absolute Gasteiger partial charge is 0.491 e. The van der Waals surface area contributed by atoms with Gasteiger partial charge in [0.25, 0.3) is 0 Å². The van der Waals surface area contributed by atoms with Crippen LogP contribution >= 0.6 is 0 Å². The van der Waals surface area contributed by atoms with E-state index in [9.17, 15) is 4.79 Å². The molecule has 0 aliphatic rings. The van der Waals surface area contributed by atoms with Gasteiger partial charge >= 0.3 is 0 Å². The van der Waals surface area contributed by atoms with Crippen LogP contribution in [0.15, 0.2) is 47.4 Å². The minimum atomic E-state index is -0.0107. The molecule has 4 nitrogen and oxygen atoms in total. The standard InChI is InChI=1S/C17H22N2O2/c1-12(2)21-16-8-5-14(6-9-16)13(3)18-15-7-10-17(20)19(4)11-15/h5-13,18H,1-4H3. The van der Waals surface area contributed by atoms with Gasteiger partial charge in [-0.05, 0) is 44.5 Å².